The highest BCUT2D eigenvalue weighted by molar-refractivity contribution is 6.09. The molecule has 0 N–H and O–H groups in total. The maximum absolute atomic E-state index is 4.99. The van der Waals surface area contributed by atoms with Gasteiger partial charge in [0, 0.05) is 0 Å². The number of anilines is 1. The maximum atomic E-state index is 4.99. The van der Waals surface area contributed by atoms with Gasteiger partial charge in [0.1, 0.15) is 6.34 Å². The molecule has 6 nitrogen and oxygen atoms in total. The monoisotopic (exact) mass is 164 g/mol. The molecule has 0 spiro atoms. The minimum atomic E-state index is 0.444. The van der Waals surface area contributed by atoms with E-state index in [-0.39, 0.29) is 0 Å². The number of aromatic nitrogens is 1. The van der Waals surface area contributed by atoms with Crippen molar-refractivity contribution in [2.45, 2.75) is 6.54 Å². The molecule has 0 saturated carbocycles. The van der Waals surface area contributed by atoms with Crippen molar-refractivity contribution in [3.63, 3.8) is 0 Å². The van der Waals surface area contributed by atoms with E-state index in [0.29, 0.717) is 18.5 Å². The Morgan fingerprint density at radius 1 is 1.50 bits per heavy atom. The molecular weight excluding hydrogens is 160 g/mol. The molecule has 12 heavy (non-hydrogen) atoms. The van der Waals surface area contributed by atoms with E-state index in [1.54, 1.807) is 11.1 Å². The molecular formula is C6H4N4O2. The predicted octanol–water partition coefficient (Wildman–Crippen LogP) is 0.324. The summed E-state index contributed by atoms with van der Waals surface area (Å²) in [4.78, 5) is 10.6. The number of oxime groups is 1. The highest BCUT2D eigenvalue weighted by Crippen LogP contribution is 2.26. The van der Waals surface area contributed by atoms with Gasteiger partial charge in [-0.25, -0.2) is 9.89 Å². The number of hydrogen-bond acceptors (Lipinski definition) is 6. The fourth-order valence-electron chi connectivity index (χ4n) is 1.17. The Balaban J connectivity index is 2.17. The predicted molar refractivity (Wildman–Crippen MR) is 39.7 cm³/mol. The van der Waals surface area contributed by atoms with Gasteiger partial charge in [0.25, 0.3) is 0 Å². The van der Waals surface area contributed by atoms with Crippen molar-refractivity contribution in [3.05, 3.63) is 11.8 Å². The average Bonchev–Trinajstić information content (AvgIpc) is 2.71. The highest BCUT2D eigenvalue weighted by atomic mass is 16.7. The normalized spacial score (nSPS) is 18.3. The highest BCUT2D eigenvalue weighted by Gasteiger charge is 2.29. The second-order valence-corrected chi connectivity index (χ2v) is 2.44. The van der Waals surface area contributed by atoms with Crippen LogP contribution in [0.3, 0.4) is 0 Å². The van der Waals surface area contributed by atoms with E-state index >= 15 is 0 Å². The van der Waals surface area contributed by atoms with Crippen molar-refractivity contribution in [3.8, 4) is 0 Å². The van der Waals surface area contributed by atoms with Gasteiger partial charge in [0.05, 0.1) is 18.3 Å². The van der Waals surface area contributed by atoms with Gasteiger partial charge in [-0.3, -0.25) is 0 Å². The number of rotatable bonds is 0. The molecule has 3 heterocycles. The van der Waals surface area contributed by atoms with Gasteiger partial charge in [0.2, 0.25) is 5.88 Å². The summed E-state index contributed by atoms with van der Waals surface area (Å²) in [6.07, 6.45) is 3.14. The van der Waals surface area contributed by atoms with Crippen LogP contribution < -0.4 is 4.90 Å². The Morgan fingerprint density at radius 3 is 3.50 bits per heavy atom. The molecule has 60 valence electrons. The summed E-state index contributed by atoms with van der Waals surface area (Å²) in [5.74, 6) is 0.640. The van der Waals surface area contributed by atoms with E-state index in [9.17, 15) is 0 Å². The molecule has 0 atom stereocenters. The van der Waals surface area contributed by atoms with Crippen LogP contribution in [0.5, 0.6) is 0 Å². The van der Waals surface area contributed by atoms with E-state index in [4.69, 9.17) is 9.36 Å². The van der Waals surface area contributed by atoms with Crippen molar-refractivity contribution in [2.75, 3.05) is 4.90 Å². The van der Waals surface area contributed by atoms with Crippen LogP contribution in [0.15, 0.2) is 20.9 Å². The number of hydrogen-bond donors (Lipinski definition) is 0. The van der Waals surface area contributed by atoms with Gasteiger partial charge in [0.15, 0.2) is 0 Å². The summed E-state index contributed by atoms with van der Waals surface area (Å²) in [5.41, 5.74) is 0.940. The van der Waals surface area contributed by atoms with Crippen molar-refractivity contribution in [1.82, 2.24) is 5.16 Å². The van der Waals surface area contributed by atoms with Gasteiger partial charge in [-0.2, -0.15) is 0 Å². The topological polar surface area (TPSA) is 63.2 Å². The molecule has 0 unspecified atom stereocenters. The summed E-state index contributed by atoms with van der Waals surface area (Å²) >= 11 is 0. The average molecular weight is 164 g/mol. The van der Waals surface area contributed by atoms with Gasteiger partial charge in [-0.15, -0.1) is 0 Å². The minimum Gasteiger partial charge on any atom is -0.337 e. The molecule has 0 aromatic carbocycles. The number of amidine groups is 1. The molecule has 0 bridgehead atoms. The standard InChI is InChI=1S/C6H4N4O2/c1-4-2-8-11-5(4)10-3-9-12-6(10)7-1/h2-3H,1H2. The van der Waals surface area contributed by atoms with E-state index in [2.05, 4.69) is 15.3 Å². The number of fused-ring (bicyclic) bond motifs is 3. The number of aliphatic imine (C=N–C) groups is 1. The Morgan fingerprint density at radius 2 is 2.50 bits per heavy atom. The zero-order valence-corrected chi connectivity index (χ0v) is 5.97. The third kappa shape index (κ3) is 0.565. The van der Waals surface area contributed by atoms with Crippen molar-refractivity contribution in [1.29, 1.82) is 0 Å². The van der Waals surface area contributed by atoms with Crippen LogP contribution in [0.4, 0.5) is 5.88 Å². The van der Waals surface area contributed by atoms with Gasteiger partial charge >= 0.3 is 6.02 Å². The first-order chi connectivity index (χ1) is 5.95. The van der Waals surface area contributed by atoms with Crippen molar-refractivity contribution in [2.24, 2.45) is 10.1 Å². The van der Waals surface area contributed by atoms with Crippen LogP contribution in [0, 0.1) is 0 Å². The lowest BCUT2D eigenvalue weighted by molar-refractivity contribution is 0.334. The molecule has 0 amide bonds. The molecule has 6 heteroatoms. The fourth-order valence-corrected chi connectivity index (χ4v) is 1.17. The van der Waals surface area contributed by atoms with Crippen LogP contribution in [-0.4, -0.2) is 17.5 Å². The Kier molecular flexibility index (Phi) is 0.885. The summed E-state index contributed by atoms with van der Waals surface area (Å²) in [6.45, 7) is 0.536. The maximum Gasteiger partial charge on any atom is 0.330 e. The third-order valence-electron chi connectivity index (χ3n) is 1.73. The smallest absolute Gasteiger partial charge is 0.330 e. The number of nitrogens with zero attached hydrogens (tertiary/aromatic N) is 4. The Bertz CT molecular complexity index is 381. The van der Waals surface area contributed by atoms with E-state index < -0.39 is 0 Å². The molecule has 2 aliphatic heterocycles. The first kappa shape index (κ1) is 5.76. The zero-order valence-electron chi connectivity index (χ0n) is 5.97. The second kappa shape index (κ2) is 1.84. The molecule has 0 fully saturated rings. The van der Waals surface area contributed by atoms with Gasteiger partial charge in [-0.1, -0.05) is 10.3 Å². The first-order valence-corrected chi connectivity index (χ1v) is 3.43. The molecule has 1 aromatic rings. The zero-order chi connectivity index (χ0) is 7.97. The van der Waals surface area contributed by atoms with Crippen molar-refractivity contribution < 1.29 is 9.36 Å². The molecule has 0 radical (unpaired) electrons. The van der Waals surface area contributed by atoms with Crippen LogP contribution in [-0.2, 0) is 11.4 Å². The minimum absolute atomic E-state index is 0.444. The molecule has 0 saturated heterocycles. The van der Waals surface area contributed by atoms with Gasteiger partial charge < -0.3 is 9.36 Å². The fraction of sp³-hybridized carbons (Fsp3) is 0.167. The first-order valence-electron chi connectivity index (χ1n) is 3.43. The van der Waals surface area contributed by atoms with E-state index in [0.717, 1.165) is 5.56 Å². The SMILES string of the molecule is C1=NOC2=NCc3cnoc3N12. The Hall–Kier alpha value is -1.85. The summed E-state index contributed by atoms with van der Waals surface area (Å²) in [7, 11) is 0. The van der Waals surface area contributed by atoms with Gasteiger partial charge in [-0.05, 0) is 0 Å². The lowest BCUT2D eigenvalue weighted by atomic mass is 10.3. The summed E-state index contributed by atoms with van der Waals surface area (Å²) in [6, 6.07) is 0.444. The van der Waals surface area contributed by atoms with Crippen LogP contribution >= 0.6 is 0 Å². The summed E-state index contributed by atoms with van der Waals surface area (Å²) < 4.78 is 4.99. The summed E-state index contributed by atoms with van der Waals surface area (Å²) in [5, 5.41) is 7.25. The molecule has 3 rings (SSSR count). The lowest BCUT2D eigenvalue weighted by Gasteiger charge is -2.13. The Labute approximate surface area is 67.1 Å². The lowest BCUT2D eigenvalue weighted by Crippen LogP contribution is -2.28. The van der Waals surface area contributed by atoms with E-state index in [1.807, 2.05) is 0 Å². The molecule has 0 aliphatic carbocycles. The molecule has 2 aliphatic rings. The van der Waals surface area contributed by atoms with Crippen LogP contribution in [0.25, 0.3) is 0 Å². The third-order valence-corrected chi connectivity index (χ3v) is 1.73. The van der Waals surface area contributed by atoms with Crippen molar-refractivity contribution >= 4 is 18.2 Å². The van der Waals surface area contributed by atoms with Crippen LogP contribution in [0.2, 0.25) is 0 Å². The second-order valence-electron chi connectivity index (χ2n) is 2.44. The van der Waals surface area contributed by atoms with E-state index in [1.165, 1.54) is 6.34 Å². The quantitative estimate of drug-likeness (QED) is 0.554. The largest absolute Gasteiger partial charge is 0.337 e. The molecule has 1 aromatic heterocycles. The van der Waals surface area contributed by atoms with Crippen LogP contribution in [0.1, 0.15) is 5.56 Å².